The first-order chi connectivity index (χ1) is 14.8. The fraction of sp³-hybridized carbons (Fsp3) is 0.0952. The first-order valence-electron chi connectivity index (χ1n) is 9.11. The quantitative estimate of drug-likeness (QED) is 0.308. The number of hydrogen-bond acceptors (Lipinski definition) is 7. The molecule has 0 aliphatic rings. The molecular formula is C21H20N4O5S. The monoisotopic (exact) mass is 440 g/mol. The van der Waals surface area contributed by atoms with E-state index < -0.39 is 20.6 Å². The van der Waals surface area contributed by atoms with Gasteiger partial charge in [0.1, 0.15) is 11.4 Å². The van der Waals surface area contributed by atoms with E-state index in [2.05, 4.69) is 15.2 Å². The summed E-state index contributed by atoms with van der Waals surface area (Å²) in [6.45, 7) is 1.91. The lowest BCUT2D eigenvalue weighted by molar-refractivity contribution is -0.384. The van der Waals surface area contributed by atoms with E-state index in [0.717, 1.165) is 17.2 Å². The number of hydrazone groups is 1. The normalized spacial score (nSPS) is 11.3. The Balaban J connectivity index is 1.87. The summed E-state index contributed by atoms with van der Waals surface area (Å²) in [4.78, 5) is 10.6. The molecule has 0 amide bonds. The molecule has 0 fully saturated rings. The minimum Gasteiger partial charge on any atom is -0.495 e. The lowest BCUT2D eigenvalue weighted by Crippen LogP contribution is -2.14. The summed E-state index contributed by atoms with van der Waals surface area (Å²) in [6, 6.07) is 17.5. The van der Waals surface area contributed by atoms with E-state index in [-0.39, 0.29) is 16.3 Å². The van der Waals surface area contributed by atoms with Crippen LogP contribution in [0.4, 0.5) is 17.1 Å². The Morgan fingerprint density at radius 1 is 1.03 bits per heavy atom. The van der Waals surface area contributed by atoms with Crippen molar-refractivity contribution in [3.63, 3.8) is 0 Å². The van der Waals surface area contributed by atoms with Gasteiger partial charge in [-0.25, -0.2) is 8.42 Å². The van der Waals surface area contributed by atoms with E-state index in [1.165, 1.54) is 31.5 Å². The Morgan fingerprint density at radius 3 is 2.45 bits per heavy atom. The van der Waals surface area contributed by atoms with Crippen molar-refractivity contribution in [1.82, 2.24) is 0 Å². The average Bonchev–Trinajstić information content (AvgIpc) is 2.75. The van der Waals surface area contributed by atoms with E-state index >= 15 is 0 Å². The van der Waals surface area contributed by atoms with Gasteiger partial charge in [0.05, 0.1) is 28.8 Å². The maximum atomic E-state index is 12.8. The van der Waals surface area contributed by atoms with Gasteiger partial charge in [0.2, 0.25) is 0 Å². The first-order valence-corrected chi connectivity index (χ1v) is 10.6. The van der Waals surface area contributed by atoms with Crippen molar-refractivity contribution in [3.8, 4) is 5.75 Å². The molecule has 2 N–H and O–H groups in total. The van der Waals surface area contributed by atoms with Gasteiger partial charge in [-0.15, -0.1) is 0 Å². The number of rotatable bonds is 8. The van der Waals surface area contributed by atoms with Gasteiger partial charge in [0, 0.05) is 6.07 Å². The Morgan fingerprint density at radius 2 is 1.74 bits per heavy atom. The summed E-state index contributed by atoms with van der Waals surface area (Å²) in [5.74, 6) is 0.324. The molecule has 0 bridgehead atoms. The van der Waals surface area contributed by atoms with Crippen molar-refractivity contribution >= 4 is 33.3 Å². The van der Waals surface area contributed by atoms with Gasteiger partial charge in [0.15, 0.2) is 0 Å². The third-order valence-electron chi connectivity index (χ3n) is 4.40. The number of methoxy groups -OCH3 is 1. The molecule has 0 aromatic heterocycles. The highest BCUT2D eigenvalue weighted by Crippen LogP contribution is 2.30. The summed E-state index contributed by atoms with van der Waals surface area (Å²) in [5.41, 5.74) is 4.30. The molecule has 0 spiro atoms. The van der Waals surface area contributed by atoms with Gasteiger partial charge in [0.25, 0.3) is 15.7 Å². The van der Waals surface area contributed by atoms with E-state index in [9.17, 15) is 18.5 Å². The molecule has 10 heteroatoms. The molecule has 31 heavy (non-hydrogen) atoms. The second-order valence-corrected chi connectivity index (χ2v) is 8.15. The number of ether oxygens (including phenoxy) is 1. The molecule has 0 radical (unpaired) electrons. The number of nitro groups is 1. The lowest BCUT2D eigenvalue weighted by atomic mass is 10.1. The minimum absolute atomic E-state index is 0.0612. The van der Waals surface area contributed by atoms with Crippen LogP contribution in [-0.4, -0.2) is 26.7 Å². The number of hydrogen-bond donors (Lipinski definition) is 2. The van der Waals surface area contributed by atoms with Crippen LogP contribution < -0.4 is 14.9 Å². The van der Waals surface area contributed by atoms with Gasteiger partial charge in [-0.3, -0.25) is 20.3 Å². The zero-order valence-electron chi connectivity index (χ0n) is 16.8. The second-order valence-electron chi connectivity index (χ2n) is 6.47. The van der Waals surface area contributed by atoms with Crippen molar-refractivity contribution in [1.29, 1.82) is 0 Å². The van der Waals surface area contributed by atoms with Crippen molar-refractivity contribution in [3.05, 3.63) is 88.0 Å². The predicted octanol–water partition coefficient (Wildman–Crippen LogP) is 4.16. The lowest BCUT2D eigenvalue weighted by Gasteiger charge is -2.12. The fourth-order valence-corrected chi connectivity index (χ4v) is 3.85. The molecule has 0 unspecified atom stereocenters. The molecule has 3 rings (SSSR count). The Kier molecular flexibility index (Phi) is 6.51. The summed E-state index contributed by atoms with van der Waals surface area (Å²) in [7, 11) is -2.68. The van der Waals surface area contributed by atoms with Crippen LogP contribution in [0.5, 0.6) is 5.75 Å². The zero-order chi connectivity index (χ0) is 22.4. The molecule has 0 heterocycles. The molecule has 0 aliphatic heterocycles. The highest BCUT2D eigenvalue weighted by atomic mass is 32.2. The average molecular weight is 440 g/mol. The molecule has 9 nitrogen and oxygen atoms in total. The Hall–Kier alpha value is -3.92. The van der Waals surface area contributed by atoms with Gasteiger partial charge < -0.3 is 4.74 Å². The van der Waals surface area contributed by atoms with Crippen LogP contribution in [-0.2, 0) is 10.0 Å². The van der Waals surface area contributed by atoms with Crippen molar-refractivity contribution in [2.75, 3.05) is 17.3 Å². The fourth-order valence-electron chi connectivity index (χ4n) is 2.76. The molecule has 0 saturated carbocycles. The van der Waals surface area contributed by atoms with E-state index in [0.29, 0.717) is 5.75 Å². The number of nitrogens with zero attached hydrogens (tertiary/aromatic N) is 2. The van der Waals surface area contributed by atoms with Crippen LogP contribution in [0.25, 0.3) is 0 Å². The number of para-hydroxylation sites is 2. The predicted molar refractivity (Wildman–Crippen MR) is 119 cm³/mol. The van der Waals surface area contributed by atoms with Crippen molar-refractivity contribution in [2.45, 2.75) is 11.8 Å². The van der Waals surface area contributed by atoms with Gasteiger partial charge in [-0.2, -0.15) is 5.10 Å². The van der Waals surface area contributed by atoms with Gasteiger partial charge in [-0.1, -0.05) is 36.4 Å². The first kappa shape index (κ1) is 21.8. The number of nitro benzene ring substituents is 1. The number of benzene rings is 3. The standard InChI is InChI=1S/C21H20N4O5S/c1-15-7-3-4-8-16(15)14-22-23-18-12-11-17(13-20(18)25(26)27)31(28,29)24-19-9-5-6-10-21(19)30-2/h3-14,23-24H,1-2H3/b22-14+. The Labute approximate surface area is 179 Å². The summed E-state index contributed by atoms with van der Waals surface area (Å²) in [6.07, 6.45) is 1.53. The summed E-state index contributed by atoms with van der Waals surface area (Å²) < 4.78 is 33.0. The van der Waals surface area contributed by atoms with E-state index in [4.69, 9.17) is 4.74 Å². The molecule has 3 aromatic rings. The molecule has 0 saturated heterocycles. The number of nitrogens with one attached hydrogen (secondary N) is 2. The van der Waals surface area contributed by atoms with Crippen LogP contribution in [0.3, 0.4) is 0 Å². The van der Waals surface area contributed by atoms with Crippen LogP contribution in [0.15, 0.2) is 76.7 Å². The molecule has 0 aliphatic carbocycles. The number of anilines is 2. The van der Waals surface area contributed by atoms with Crippen LogP contribution >= 0.6 is 0 Å². The SMILES string of the molecule is COc1ccccc1NS(=O)(=O)c1ccc(N/N=C/c2ccccc2C)c([N+](=O)[O-])c1. The highest BCUT2D eigenvalue weighted by Gasteiger charge is 2.22. The molecule has 3 aromatic carbocycles. The second kappa shape index (κ2) is 9.26. The number of sulfonamides is 1. The van der Waals surface area contributed by atoms with Gasteiger partial charge >= 0.3 is 0 Å². The smallest absolute Gasteiger partial charge is 0.295 e. The summed E-state index contributed by atoms with van der Waals surface area (Å²) in [5, 5.41) is 15.6. The maximum Gasteiger partial charge on any atom is 0.295 e. The summed E-state index contributed by atoms with van der Waals surface area (Å²) >= 11 is 0. The van der Waals surface area contributed by atoms with Crippen LogP contribution in [0.1, 0.15) is 11.1 Å². The van der Waals surface area contributed by atoms with Gasteiger partial charge in [-0.05, 0) is 42.3 Å². The third kappa shape index (κ3) is 5.17. The largest absolute Gasteiger partial charge is 0.495 e. The third-order valence-corrected chi connectivity index (χ3v) is 5.77. The maximum absolute atomic E-state index is 12.8. The highest BCUT2D eigenvalue weighted by molar-refractivity contribution is 7.92. The molecular weight excluding hydrogens is 420 g/mol. The number of aryl methyl sites for hydroxylation is 1. The van der Waals surface area contributed by atoms with Crippen LogP contribution in [0, 0.1) is 17.0 Å². The minimum atomic E-state index is -4.09. The van der Waals surface area contributed by atoms with Crippen molar-refractivity contribution in [2.24, 2.45) is 5.10 Å². The van der Waals surface area contributed by atoms with Crippen LogP contribution in [0.2, 0.25) is 0 Å². The molecule has 0 atom stereocenters. The van der Waals surface area contributed by atoms with Crippen molar-refractivity contribution < 1.29 is 18.1 Å². The van der Waals surface area contributed by atoms with E-state index in [1.54, 1.807) is 18.2 Å². The molecule has 160 valence electrons. The topological polar surface area (TPSA) is 123 Å². The van der Waals surface area contributed by atoms with E-state index in [1.807, 2.05) is 31.2 Å². The zero-order valence-corrected chi connectivity index (χ0v) is 17.6. The Bertz CT molecular complexity index is 1240.